The summed E-state index contributed by atoms with van der Waals surface area (Å²) in [4.78, 5) is 0.186. The second kappa shape index (κ2) is 5.53. The van der Waals surface area contributed by atoms with Crippen molar-refractivity contribution in [2.24, 2.45) is 0 Å². The van der Waals surface area contributed by atoms with Gasteiger partial charge in [0, 0.05) is 0 Å². The molecule has 1 atom stereocenters. The maximum atomic E-state index is 11.7. The molecule has 1 N–H and O–H groups in total. The third-order valence-corrected chi connectivity index (χ3v) is 3.98. The Morgan fingerprint density at radius 2 is 1.88 bits per heavy atom. The van der Waals surface area contributed by atoms with Crippen LogP contribution in [0, 0.1) is 6.92 Å². The zero-order valence-electron chi connectivity index (χ0n) is 8.62. The molecule has 0 saturated carbocycles. The third-order valence-electron chi connectivity index (χ3n) is 1.92. The van der Waals surface area contributed by atoms with E-state index < -0.39 is 21.2 Å². The highest BCUT2D eigenvalue weighted by Crippen LogP contribution is 2.11. The van der Waals surface area contributed by atoms with Crippen LogP contribution < -0.4 is 0 Å². The zero-order chi connectivity index (χ0) is 12.2. The van der Waals surface area contributed by atoms with Gasteiger partial charge in [0.15, 0.2) is 9.84 Å². The molecule has 0 radical (unpaired) electrons. The van der Waals surface area contributed by atoms with E-state index in [4.69, 9.17) is 4.55 Å². The lowest BCUT2D eigenvalue weighted by Crippen LogP contribution is -2.13. The van der Waals surface area contributed by atoms with E-state index in [0.29, 0.717) is 0 Å². The smallest absolute Gasteiger partial charge is 0.284 e. The van der Waals surface area contributed by atoms with Crippen LogP contribution in [0.2, 0.25) is 0 Å². The van der Waals surface area contributed by atoms with E-state index in [-0.39, 0.29) is 17.3 Å². The van der Waals surface area contributed by atoms with Crippen LogP contribution >= 0.6 is 0 Å². The molecule has 5 nitrogen and oxygen atoms in total. The Morgan fingerprint density at radius 1 is 1.31 bits per heavy atom. The number of hydrogen-bond acceptors (Lipinski definition) is 4. The molecule has 0 spiro atoms. The first-order valence-electron chi connectivity index (χ1n) is 4.45. The van der Waals surface area contributed by atoms with Crippen molar-refractivity contribution in [1.29, 1.82) is 0 Å². The van der Waals surface area contributed by atoms with E-state index in [9.17, 15) is 12.6 Å². The van der Waals surface area contributed by atoms with E-state index >= 15 is 0 Å². The number of benzene rings is 1. The van der Waals surface area contributed by atoms with Gasteiger partial charge in [0.05, 0.1) is 17.3 Å². The van der Waals surface area contributed by atoms with Crippen LogP contribution in [0.15, 0.2) is 29.2 Å². The number of hydrogen-bond donors (Lipinski definition) is 1. The Morgan fingerprint density at radius 3 is 2.38 bits per heavy atom. The van der Waals surface area contributed by atoms with Crippen molar-refractivity contribution in [1.82, 2.24) is 0 Å². The molecule has 1 rings (SSSR count). The highest BCUT2D eigenvalue weighted by molar-refractivity contribution is 7.91. The van der Waals surface area contributed by atoms with Crippen LogP contribution in [0.5, 0.6) is 0 Å². The second-order valence-electron chi connectivity index (χ2n) is 3.17. The summed E-state index contributed by atoms with van der Waals surface area (Å²) in [5.74, 6) is -0.317. The van der Waals surface area contributed by atoms with E-state index in [1.54, 1.807) is 12.1 Å². The fraction of sp³-hybridized carbons (Fsp3) is 0.333. The molecule has 90 valence electrons. The molecule has 0 fully saturated rings. The summed E-state index contributed by atoms with van der Waals surface area (Å²) in [6, 6.07) is 6.39. The molecule has 1 aromatic carbocycles. The molecule has 0 aromatic heterocycles. The predicted molar refractivity (Wildman–Crippen MR) is 60.0 cm³/mol. The van der Waals surface area contributed by atoms with E-state index in [1.165, 1.54) is 12.1 Å². The third kappa shape index (κ3) is 4.01. The highest BCUT2D eigenvalue weighted by Gasteiger charge is 2.14. The molecular formula is C9H12O5S2. The predicted octanol–water partition coefficient (Wildman–Crippen LogP) is 0.922. The van der Waals surface area contributed by atoms with E-state index in [1.807, 2.05) is 6.92 Å². The second-order valence-corrected chi connectivity index (χ2v) is 5.95. The maximum absolute atomic E-state index is 11.7. The van der Waals surface area contributed by atoms with Crippen molar-refractivity contribution in [2.75, 3.05) is 12.4 Å². The Labute approximate surface area is 96.9 Å². The van der Waals surface area contributed by atoms with Gasteiger partial charge in [-0.2, -0.15) is 4.21 Å². The Balaban J connectivity index is 2.71. The summed E-state index contributed by atoms with van der Waals surface area (Å²) >= 11 is -2.42. The van der Waals surface area contributed by atoms with Gasteiger partial charge in [0.25, 0.3) is 0 Å². The van der Waals surface area contributed by atoms with Crippen LogP contribution in [0.3, 0.4) is 0 Å². The highest BCUT2D eigenvalue weighted by atomic mass is 32.2. The Bertz CT molecular complexity index is 463. The lowest BCUT2D eigenvalue weighted by atomic mass is 10.2. The normalized spacial score (nSPS) is 13.6. The number of sulfone groups is 1. The topological polar surface area (TPSA) is 80.7 Å². The first kappa shape index (κ1) is 13.3. The molecule has 0 aliphatic rings. The van der Waals surface area contributed by atoms with Gasteiger partial charge in [0.1, 0.15) is 0 Å². The zero-order valence-corrected chi connectivity index (χ0v) is 10.3. The molecule has 0 aliphatic heterocycles. The average Bonchev–Trinajstić information content (AvgIpc) is 2.17. The molecule has 1 unspecified atom stereocenters. The molecular weight excluding hydrogens is 252 g/mol. The average molecular weight is 264 g/mol. The van der Waals surface area contributed by atoms with Gasteiger partial charge in [0.2, 0.25) is 0 Å². The summed E-state index contributed by atoms with van der Waals surface area (Å²) in [5.41, 5.74) is 0.965. The summed E-state index contributed by atoms with van der Waals surface area (Å²) in [6.45, 7) is 1.55. The van der Waals surface area contributed by atoms with Crippen molar-refractivity contribution >= 4 is 21.2 Å². The molecule has 0 aliphatic carbocycles. The molecule has 7 heteroatoms. The van der Waals surface area contributed by atoms with Crippen LogP contribution in [0.1, 0.15) is 5.56 Å². The van der Waals surface area contributed by atoms with E-state index in [2.05, 4.69) is 4.18 Å². The fourth-order valence-corrected chi connectivity index (χ4v) is 2.50. The first-order chi connectivity index (χ1) is 7.42. The minimum Gasteiger partial charge on any atom is -0.284 e. The SMILES string of the molecule is Cc1ccc(S(=O)(=O)CCOS(=O)O)cc1. The van der Waals surface area contributed by atoms with Gasteiger partial charge in [-0.1, -0.05) is 17.7 Å². The molecule has 0 bridgehead atoms. The van der Waals surface area contributed by atoms with Crippen LogP contribution in [0.4, 0.5) is 0 Å². The summed E-state index contributed by atoms with van der Waals surface area (Å²) in [7, 11) is -3.44. The van der Waals surface area contributed by atoms with Crippen molar-refractivity contribution in [2.45, 2.75) is 11.8 Å². The van der Waals surface area contributed by atoms with Crippen LogP contribution in [-0.2, 0) is 25.4 Å². The van der Waals surface area contributed by atoms with Gasteiger partial charge >= 0.3 is 11.4 Å². The van der Waals surface area contributed by atoms with Gasteiger partial charge in [-0.25, -0.2) is 8.42 Å². The number of aryl methyl sites for hydroxylation is 1. The van der Waals surface area contributed by atoms with Crippen LogP contribution in [0.25, 0.3) is 0 Å². The van der Waals surface area contributed by atoms with Gasteiger partial charge in [-0.3, -0.25) is 8.74 Å². The maximum Gasteiger partial charge on any atom is 0.301 e. The van der Waals surface area contributed by atoms with Crippen molar-refractivity contribution in [3.63, 3.8) is 0 Å². The Hall–Kier alpha value is -0.760. The molecule has 0 heterocycles. The molecule has 0 saturated heterocycles. The summed E-state index contributed by atoms with van der Waals surface area (Å²) in [5, 5.41) is 0. The monoisotopic (exact) mass is 264 g/mol. The van der Waals surface area contributed by atoms with Gasteiger partial charge in [-0.15, -0.1) is 0 Å². The Kier molecular flexibility index (Phi) is 4.60. The quantitative estimate of drug-likeness (QED) is 0.800. The summed E-state index contributed by atoms with van der Waals surface area (Å²) < 4.78 is 46.1. The largest absolute Gasteiger partial charge is 0.301 e. The lowest BCUT2D eigenvalue weighted by molar-refractivity contribution is 0.326. The van der Waals surface area contributed by atoms with Gasteiger partial charge < -0.3 is 0 Å². The van der Waals surface area contributed by atoms with E-state index in [0.717, 1.165) is 5.56 Å². The molecule has 1 aromatic rings. The standard InChI is InChI=1S/C9H12O5S2/c1-8-2-4-9(5-3-8)16(12,13)7-6-14-15(10)11/h2-5H,6-7H2,1H3,(H,10,11). The molecule has 16 heavy (non-hydrogen) atoms. The number of rotatable bonds is 5. The minimum absolute atomic E-state index is 0.186. The minimum atomic E-state index is -3.44. The molecule has 0 amide bonds. The van der Waals surface area contributed by atoms with Gasteiger partial charge in [-0.05, 0) is 19.1 Å². The van der Waals surface area contributed by atoms with Crippen molar-refractivity contribution in [3.05, 3.63) is 29.8 Å². The lowest BCUT2D eigenvalue weighted by Gasteiger charge is -2.03. The van der Waals surface area contributed by atoms with Crippen molar-refractivity contribution < 1.29 is 21.4 Å². The van der Waals surface area contributed by atoms with Crippen molar-refractivity contribution in [3.8, 4) is 0 Å². The fourth-order valence-electron chi connectivity index (χ4n) is 1.08. The first-order valence-corrected chi connectivity index (χ1v) is 7.14. The summed E-state index contributed by atoms with van der Waals surface area (Å²) in [6.07, 6.45) is 0. The van der Waals surface area contributed by atoms with Crippen LogP contribution in [-0.4, -0.2) is 29.5 Å².